The Morgan fingerprint density at radius 1 is 1.13 bits per heavy atom. The summed E-state index contributed by atoms with van der Waals surface area (Å²) in [7, 11) is -2.48. The van der Waals surface area contributed by atoms with Gasteiger partial charge in [-0.3, -0.25) is 19.5 Å². The smallest absolute Gasteiger partial charge is 0.321 e. The Labute approximate surface area is 179 Å². The third-order valence-corrected chi connectivity index (χ3v) is 6.38. The summed E-state index contributed by atoms with van der Waals surface area (Å²) >= 11 is 0. The average Bonchev–Trinajstić information content (AvgIpc) is 3.17. The predicted octanol–water partition coefficient (Wildman–Crippen LogP) is 2.15. The maximum atomic E-state index is 13.3. The van der Waals surface area contributed by atoms with Crippen LogP contribution in [0.15, 0.2) is 72.0 Å². The fourth-order valence-electron chi connectivity index (χ4n) is 3.21. The molecule has 2 N–H and O–H groups in total. The van der Waals surface area contributed by atoms with Crippen molar-refractivity contribution in [3.63, 3.8) is 0 Å². The fourth-order valence-corrected chi connectivity index (χ4v) is 4.57. The lowest BCUT2D eigenvalue weighted by Crippen LogP contribution is -2.39. The molecule has 1 atom stereocenters. The normalized spacial score (nSPS) is 12.6. The molecule has 0 aliphatic carbocycles. The molecule has 0 spiro atoms. The summed E-state index contributed by atoms with van der Waals surface area (Å²) in [5.41, 5.74) is 1.58. The molecule has 0 aliphatic heterocycles. The SMILES string of the molecule is CN(Cc1cc(-c2ccccc2)n(S(=O)(=O)c2cccnc2)c1)[C@@H](CC(=O)O)C(=O)O. The van der Waals surface area contributed by atoms with E-state index in [0.29, 0.717) is 16.8 Å². The van der Waals surface area contributed by atoms with Gasteiger partial charge in [-0.1, -0.05) is 30.3 Å². The molecule has 0 saturated carbocycles. The number of carboxylic acid groups (broad SMARTS) is 2. The second-order valence-electron chi connectivity index (χ2n) is 6.96. The van der Waals surface area contributed by atoms with Gasteiger partial charge in [0.15, 0.2) is 0 Å². The van der Waals surface area contributed by atoms with Crippen molar-refractivity contribution in [1.29, 1.82) is 0 Å². The molecule has 0 bridgehead atoms. The van der Waals surface area contributed by atoms with Gasteiger partial charge >= 0.3 is 11.9 Å². The number of carbonyl (C=O) groups is 2. The van der Waals surface area contributed by atoms with Crippen molar-refractivity contribution < 1.29 is 28.2 Å². The van der Waals surface area contributed by atoms with E-state index in [-0.39, 0.29) is 11.4 Å². The van der Waals surface area contributed by atoms with Crippen molar-refractivity contribution in [1.82, 2.24) is 13.9 Å². The number of aliphatic carboxylic acids is 2. The quantitative estimate of drug-likeness (QED) is 0.515. The van der Waals surface area contributed by atoms with Crippen molar-refractivity contribution in [3.05, 3.63) is 72.7 Å². The van der Waals surface area contributed by atoms with Gasteiger partial charge in [-0.15, -0.1) is 0 Å². The number of carboxylic acids is 2. The minimum Gasteiger partial charge on any atom is -0.481 e. The molecule has 0 aliphatic rings. The number of benzene rings is 1. The molecular formula is C21H21N3O6S. The molecule has 3 rings (SSSR count). The van der Waals surface area contributed by atoms with Gasteiger partial charge in [-0.2, -0.15) is 0 Å². The first-order valence-electron chi connectivity index (χ1n) is 9.27. The van der Waals surface area contributed by atoms with Crippen LogP contribution >= 0.6 is 0 Å². The molecule has 10 heteroatoms. The van der Waals surface area contributed by atoms with E-state index in [0.717, 1.165) is 3.97 Å². The molecule has 1 aromatic carbocycles. The lowest BCUT2D eigenvalue weighted by atomic mass is 10.1. The Morgan fingerprint density at radius 2 is 1.84 bits per heavy atom. The topological polar surface area (TPSA) is 130 Å². The molecule has 0 amide bonds. The highest BCUT2D eigenvalue weighted by molar-refractivity contribution is 7.90. The van der Waals surface area contributed by atoms with Gasteiger partial charge in [0, 0.05) is 25.1 Å². The molecule has 0 fully saturated rings. The van der Waals surface area contributed by atoms with E-state index in [1.165, 1.54) is 42.7 Å². The van der Waals surface area contributed by atoms with Crippen LogP contribution in [0.3, 0.4) is 0 Å². The van der Waals surface area contributed by atoms with E-state index in [4.69, 9.17) is 5.11 Å². The highest BCUT2D eigenvalue weighted by Crippen LogP contribution is 2.27. The summed E-state index contributed by atoms with van der Waals surface area (Å²) in [6, 6.07) is 12.3. The van der Waals surface area contributed by atoms with Crippen LogP contribution in [0.25, 0.3) is 11.3 Å². The van der Waals surface area contributed by atoms with Crippen molar-refractivity contribution in [2.45, 2.75) is 23.9 Å². The van der Waals surface area contributed by atoms with Crippen molar-refractivity contribution in [3.8, 4) is 11.3 Å². The van der Waals surface area contributed by atoms with E-state index in [1.54, 1.807) is 30.3 Å². The van der Waals surface area contributed by atoms with E-state index in [9.17, 15) is 23.1 Å². The maximum Gasteiger partial charge on any atom is 0.321 e. The summed E-state index contributed by atoms with van der Waals surface area (Å²) < 4.78 is 27.6. The van der Waals surface area contributed by atoms with Gasteiger partial charge in [0.05, 0.1) is 12.1 Å². The second-order valence-corrected chi connectivity index (χ2v) is 8.77. The molecule has 0 unspecified atom stereocenters. The molecule has 2 aromatic heterocycles. The number of pyridine rings is 1. The summed E-state index contributed by atoms with van der Waals surface area (Å²) in [5, 5.41) is 18.4. The molecule has 162 valence electrons. The summed E-state index contributed by atoms with van der Waals surface area (Å²) in [6.07, 6.45) is 3.57. The van der Waals surface area contributed by atoms with Gasteiger partial charge < -0.3 is 10.2 Å². The van der Waals surface area contributed by atoms with Gasteiger partial charge in [0.1, 0.15) is 10.9 Å². The molecule has 9 nitrogen and oxygen atoms in total. The number of likely N-dealkylation sites (N-methyl/N-ethyl adjacent to an activating group) is 1. The number of aromatic nitrogens is 2. The largest absolute Gasteiger partial charge is 0.481 e. The lowest BCUT2D eigenvalue weighted by molar-refractivity contribution is -0.149. The van der Waals surface area contributed by atoms with Gasteiger partial charge in [0.2, 0.25) is 0 Å². The van der Waals surface area contributed by atoms with Gasteiger partial charge in [-0.05, 0) is 36.4 Å². The number of nitrogens with zero attached hydrogens (tertiary/aromatic N) is 3. The molecule has 2 heterocycles. The first-order chi connectivity index (χ1) is 14.7. The van der Waals surface area contributed by atoms with Crippen LogP contribution in [0, 0.1) is 0 Å². The Balaban J connectivity index is 2.04. The van der Waals surface area contributed by atoms with Gasteiger partial charge in [0.25, 0.3) is 10.0 Å². The first kappa shape index (κ1) is 22.2. The average molecular weight is 443 g/mol. The Morgan fingerprint density at radius 3 is 2.42 bits per heavy atom. The van der Waals surface area contributed by atoms with Crippen LogP contribution in [0.4, 0.5) is 0 Å². The lowest BCUT2D eigenvalue weighted by Gasteiger charge is -2.22. The maximum absolute atomic E-state index is 13.3. The van der Waals surface area contributed by atoms with Crippen molar-refractivity contribution in [2.24, 2.45) is 0 Å². The third kappa shape index (κ3) is 4.98. The Kier molecular flexibility index (Phi) is 6.52. The van der Waals surface area contributed by atoms with Crippen LogP contribution in [0.2, 0.25) is 0 Å². The zero-order chi connectivity index (χ0) is 22.6. The zero-order valence-corrected chi connectivity index (χ0v) is 17.4. The van der Waals surface area contributed by atoms with E-state index < -0.39 is 34.4 Å². The number of hydrogen-bond donors (Lipinski definition) is 2. The van der Waals surface area contributed by atoms with E-state index >= 15 is 0 Å². The van der Waals surface area contributed by atoms with E-state index in [1.807, 2.05) is 6.07 Å². The second kappa shape index (κ2) is 9.11. The van der Waals surface area contributed by atoms with Crippen molar-refractivity contribution >= 4 is 22.0 Å². The predicted molar refractivity (Wildman–Crippen MR) is 112 cm³/mol. The highest BCUT2D eigenvalue weighted by Gasteiger charge is 2.27. The standard InChI is InChI=1S/C21H21N3O6S/c1-23(19(21(27)28)11-20(25)26)13-15-10-18(16-6-3-2-4-7-16)24(14-15)31(29,30)17-8-5-9-22-12-17/h2-10,12,14,19H,11,13H2,1H3,(H,25,26)(H,27,28)/t19-/m0/s1. The molecule has 0 radical (unpaired) electrons. The Hall–Kier alpha value is -3.50. The minimum atomic E-state index is -3.96. The highest BCUT2D eigenvalue weighted by atomic mass is 32.2. The van der Waals surface area contributed by atoms with Crippen molar-refractivity contribution in [2.75, 3.05) is 7.05 Å². The third-order valence-electron chi connectivity index (χ3n) is 4.72. The Bertz CT molecular complexity index is 1180. The summed E-state index contributed by atoms with van der Waals surface area (Å²) in [5.74, 6) is -2.50. The van der Waals surface area contributed by atoms with Crippen LogP contribution in [-0.4, -0.2) is 57.5 Å². The zero-order valence-electron chi connectivity index (χ0n) is 16.6. The van der Waals surface area contributed by atoms with Crippen LogP contribution in [-0.2, 0) is 26.2 Å². The first-order valence-corrected chi connectivity index (χ1v) is 10.7. The van der Waals surface area contributed by atoms with Crippen LogP contribution < -0.4 is 0 Å². The van der Waals surface area contributed by atoms with Crippen LogP contribution in [0.5, 0.6) is 0 Å². The number of rotatable bonds is 9. The van der Waals surface area contributed by atoms with Gasteiger partial charge in [-0.25, -0.2) is 12.4 Å². The summed E-state index contributed by atoms with van der Waals surface area (Å²) in [4.78, 5) is 27.8. The molecule has 0 saturated heterocycles. The molecule has 31 heavy (non-hydrogen) atoms. The molecule has 3 aromatic rings. The molecular weight excluding hydrogens is 422 g/mol. The number of hydrogen-bond acceptors (Lipinski definition) is 6. The van der Waals surface area contributed by atoms with Crippen LogP contribution in [0.1, 0.15) is 12.0 Å². The summed E-state index contributed by atoms with van der Waals surface area (Å²) in [6.45, 7) is 0.0413. The fraction of sp³-hybridized carbons (Fsp3) is 0.190. The monoisotopic (exact) mass is 443 g/mol. The van der Waals surface area contributed by atoms with E-state index in [2.05, 4.69) is 4.98 Å². The minimum absolute atomic E-state index is 0.0111.